The van der Waals surface area contributed by atoms with E-state index in [1.807, 2.05) is 48.3 Å². The third-order valence-electron chi connectivity index (χ3n) is 4.09. The minimum absolute atomic E-state index is 0.504. The topological polar surface area (TPSA) is 49.8 Å². The first-order chi connectivity index (χ1) is 9.87. The summed E-state index contributed by atoms with van der Waals surface area (Å²) in [6, 6.07) is 12.0. The van der Waals surface area contributed by atoms with Crippen LogP contribution < -0.4 is 4.74 Å². The number of aliphatic carboxylic acids is 1. The summed E-state index contributed by atoms with van der Waals surface area (Å²) in [5.74, 6) is -0.0639. The van der Waals surface area contributed by atoms with Crippen LogP contribution in [-0.2, 0) is 11.3 Å². The molecule has 0 amide bonds. The zero-order valence-corrected chi connectivity index (χ0v) is 12.9. The molecular formula is C17H21NO3. The van der Waals surface area contributed by atoms with E-state index < -0.39 is 11.5 Å². The van der Waals surface area contributed by atoms with Gasteiger partial charge in [0, 0.05) is 12.1 Å². The van der Waals surface area contributed by atoms with Crippen LogP contribution in [0.1, 0.15) is 19.4 Å². The molecular weight excluding hydrogens is 266 g/mol. The average Bonchev–Trinajstić information content (AvgIpc) is 2.47. The van der Waals surface area contributed by atoms with Crippen molar-refractivity contribution in [1.82, 2.24) is 4.90 Å². The van der Waals surface area contributed by atoms with E-state index >= 15 is 0 Å². The van der Waals surface area contributed by atoms with Crippen molar-refractivity contribution < 1.29 is 14.6 Å². The molecule has 0 bridgehead atoms. The zero-order valence-electron chi connectivity index (χ0n) is 12.9. The summed E-state index contributed by atoms with van der Waals surface area (Å²) in [7, 11) is 3.45. The molecule has 4 nitrogen and oxygen atoms in total. The molecule has 0 atom stereocenters. The molecule has 0 aromatic heterocycles. The summed E-state index contributed by atoms with van der Waals surface area (Å²) >= 11 is 0. The Labute approximate surface area is 124 Å². The van der Waals surface area contributed by atoms with E-state index in [-0.39, 0.29) is 0 Å². The first-order valence-corrected chi connectivity index (χ1v) is 6.87. The fourth-order valence-corrected chi connectivity index (χ4v) is 2.27. The van der Waals surface area contributed by atoms with Gasteiger partial charge in [0.15, 0.2) is 0 Å². The lowest BCUT2D eigenvalue weighted by atomic mass is 9.99. The van der Waals surface area contributed by atoms with Gasteiger partial charge in [-0.1, -0.05) is 30.3 Å². The highest BCUT2D eigenvalue weighted by Crippen LogP contribution is 2.30. The second-order valence-electron chi connectivity index (χ2n) is 5.69. The molecule has 21 heavy (non-hydrogen) atoms. The van der Waals surface area contributed by atoms with Crippen LogP contribution in [-0.4, -0.2) is 35.7 Å². The minimum atomic E-state index is -0.943. The lowest BCUT2D eigenvalue weighted by Crippen LogP contribution is -2.47. The van der Waals surface area contributed by atoms with E-state index in [1.165, 1.54) is 0 Å². The van der Waals surface area contributed by atoms with E-state index in [0.29, 0.717) is 6.54 Å². The van der Waals surface area contributed by atoms with Gasteiger partial charge in [-0.15, -0.1) is 0 Å². The highest BCUT2D eigenvalue weighted by molar-refractivity contribution is 5.88. The van der Waals surface area contributed by atoms with Crippen LogP contribution in [0.15, 0.2) is 36.4 Å². The number of nitrogens with zero attached hydrogens (tertiary/aromatic N) is 1. The average molecular weight is 287 g/mol. The predicted octanol–water partition coefficient (Wildman–Crippen LogP) is 3.14. The molecule has 0 aliphatic carbocycles. The van der Waals surface area contributed by atoms with Gasteiger partial charge in [-0.05, 0) is 37.7 Å². The summed E-state index contributed by atoms with van der Waals surface area (Å²) in [4.78, 5) is 13.2. The maximum atomic E-state index is 11.4. The van der Waals surface area contributed by atoms with Crippen LogP contribution in [0.3, 0.4) is 0 Å². The molecule has 0 saturated carbocycles. The lowest BCUT2D eigenvalue weighted by molar-refractivity contribution is -0.148. The van der Waals surface area contributed by atoms with Gasteiger partial charge in [0.1, 0.15) is 11.3 Å². The Hall–Kier alpha value is -2.07. The van der Waals surface area contributed by atoms with E-state index in [4.69, 9.17) is 4.74 Å². The Morgan fingerprint density at radius 3 is 2.52 bits per heavy atom. The van der Waals surface area contributed by atoms with Crippen molar-refractivity contribution in [3.8, 4) is 5.75 Å². The SMILES string of the molecule is COc1ccc2ccccc2c1CN(C)C(C)(C)C(=O)O. The quantitative estimate of drug-likeness (QED) is 0.918. The van der Waals surface area contributed by atoms with Crippen LogP contribution >= 0.6 is 0 Å². The van der Waals surface area contributed by atoms with Crippen molar-refractivity contribution in [3.05, 3.63) is 42.0 Å². The first kappa shape index (κ1) is 15.3. The Morgan fingerprint density at radius 1 is 1.24 bits per heavy atom. The number of ether oxygens (including phenoxy) is 1. The third-order valence-corrected chi connectivity index (χ3v) is 4.09. The second-order valence-corrected chi connectivity index (χ2v) is 5.69. The number of carboxylic acid groups (broad SMARTS) is 1. The van der Waals surface area contributed by atoms with Crippen molar-refractivity contribution in [3.63, 3.8) is 0 Å². The van der Waals surface area contributed by atoms with Gasteiger partial charge in [0.05, 0.1) is 7.11 Å². The van der Waals surface area contributed by atoms with Crippen molar-refractivity contribution >= 4 is 16.7 Å². The highest BCUT2D eigenvalue weighted by Gasteiger charge is 2.32. The van der Waals surface area contributed by atoms with Gasteiger partial charge in [-0.3, -0.25) is 9.69 Å². The fraction of sp³-hybridized carbons (Fsp3) is 0.353. The van der Waals surface area contributed by atoms with Crippen molar-refractivity contribution in [1.29, 1.82) is 0 Å². The molecule has 112 valence electrons. The Kier molecular flexibility index (Phi) is 4.19. The monoisotopic (exact) mass is 287 g/mol. The van der Waals surface area contributed by atoms with Gasteiger partial charge in [0.25, 0.3) is 0 Å². The number of hydrogen-bond donors (Lipinski definition) is 1. The van der Waals surface area contributed by atoms with Crippen LogP contribution in [0.2, 0.25) is 0 Å². The lowest BCUT2D eigenvalue weighted by Gasteiger charge is -2.32. The molecule has 0 aliphatic rings. The standard InChI is InChI=1S/C17H21NO3/c1-17(2,16(19)20)18(3)11-14-13-8-6-5-7-12(13)9-10-15(14)21-4/h5-10H,11H2,1-4H3,(H,19,20). The van der Waals surface area contributed by atoms with Crippen LogP contribution in [0, 0.1) is 0 Å². The number of carbonyl (C=O) groups is 1. The van der Waals surface area contributed by atoms with Crippen molar-refractivity contribution in [2.75, 3.05) is 14.2 Å². The van der Waals surface area contributed by atoms with Gasteiger partial charge in [-0.2, -0.15) is 0 Å². The second kappa shape index (κ2) is 5.74. The molecule has 0 saturated heterocycles. The summed E-state index contributed by atoms with van der Waals surface area (Å²) < 4.78 is 5.45. The molecule has 1 N–H and O–H groups in total. The van der Waals surface area contributed by atoms with Gasteiger partial charge < -0.3 is 9.84 Å². The number of rotatable bonds is 5. The summed E-state index contributed by atoms with van der Waals surface area (Å²) in [5.41, 5.74) is 0.0644. The molecule has 0 aliphatic heterocycles. The first-order valence-electron chi connectivity index (χ1n) is 6.87. The Balaban J connectivity index is 2.48. The summed E-state index contributed by atoms with van der Waals surface area (Å²) in [5, 5.41) is 11.6. The maximum Gasteiger partial charge on any atom is 0.323 e. The number of likely N-dealkylation sites (N-methyl/N-ethyl adjacent to an activating group) is 1. The van der Waals surface area contributed by atoms with Crippen molar-refractivity contribution in [2.45, 2.75) is 25.9 Å². The normalized spacial score (nSPS) is 11.9. The molecule has 0 radical (unpaired) electrons. The van der Waals surface area contributed by atoms with E-state index in [1.54, 1.807) is 21.0 Å². The molecule has 0 unspecified atom stereocenters. The molecule has 2 aromatic carbocycles. The summed E-state index contributed by atoms with van der Waals surface area (Å²) in [6.45, 7) is 3.91. The molecule has 0 heterocycles. The van der Waals surface area contributed by atoms with Crippen LogP contribution in [0.25, 0.3) is 10.8 Å². The van der Waals surface area contributed by atoms with E-state index in [9.17, 15) is 9.90 Å². The fourth-order valence-electron chi connectivity index (χ4n) is 2.27. The van der Waals surface area contributed by atoms with Crippen LogP contribution in [0.5, 0.6) is 5.75 Å². The third kappa shape index (κ3) is 2.85. The summed E-state index contributed by atoms with van der Waals surface area (Å²) in [6.07, 6.45) is 0. The molecule has 0 fully saturated rings. The molecule has 2 rings (SSSR count). The van der Waals surface area contributed by atoms with E-state index in [0.717, 1.165) is 22.1 Å². The Morgan fingerprint density at radius 2 is 1.90 bits per heavy atom. The van der Waals surface area contributed by atoms with Gasteiger partial charge in [0.2, 0.25) is 0 Å². The molecule has 4 heteroatoms. The number of carboxylic acids is 1. The van der Waals surface area contributed by atoms with E-state index in [2.05, 4.69) is 0 Å². The smallest absolute Gasteiger partial charge is 0.323 e. The molecule has 0 spiro atoms. The maximum absolute atomic E-state index is 11.4. The zero-order chi connectivity index (χ0) is 15.6. The number of hydrogen-bond acceptors (Lipinski definition) is 3. The molecule has 2 aromatic rings. The number of fused-ring (bicyclic) bond motifs is 1. The number of benzene rings is 2. The van der Waals surface area contributed by atoms with Gasteiger partial charge >= 0.3 is 5.97 Å². The largest absolute Gasteiger partial charge is 0.496 e. The Bertz CT molecular complexity index is 664. The predicted molar refractivity (Wildman–Crippen MR) is 83.7 cm³/mol. The highest BCUT2D eigenvalue weighted by atomic mass is 16.5. The minimum Gasteiger partial charge on any atom is -0.496 e. The van der Waals surface area contributed by atoms with Gasteiger partial charge in [-0.25, -0.2) is 0 Å². The van der Waals surface area contributed by atoms with Crippen LogP contribution in [0.4, 0.5) is 0 Å². The number of methoxy groups -OCH3 is 1. The van der Waals surface area contributed by atoms with Crippen molar-refractivity contribution in [2.24, 2.45) is 0 Å².